The molecule has 3 rings (SSSR count). The van der Waals surface area contributed by atoms with E-state index >= 15 is 0 Å². The Bertz CT molecular complexity index is 1030. The highest BCUT2D eigenvalue weighted by molar-refractivity contribution is 7.89. The van der Waals surface area contributed by atoms with Crippen molar-refractivity contribution >= 4 is 44.8 Å². The largest absolute Gasteiger partial charge is 0.326 e. The molecule has 1 aliphatic rings. The number of hydrogen-bond donors (Lipinski definition) is 1. The van der Waals surface area contributed by atoms with Crippen LogP contribution in [-0.2, 0) is 14.8 Å². The SMILES string of the molecule is N#Cc1ccc(NC(=O)[C@@H]2CCCN(S(=O)(=O)c3ccc(Cl)cc3)C2)cc1Cl. The van der Waals surface area contributed by atoms with Crippen LogP contribution >= 0.6 is 23.2 Å². The molecule has 2 aromatic rings. The first-order valence-electron chi connectivity index (χ1n) is 8.57. The number of carbonyl (C=O) groups excluding carboxylic acids is 1. The summed E-state index contributed by atoms with van der Waals surface area (Å²) in [6.07, 6.45) is 1.17. The minimum absolute atomic E-state index is 0.0980. The molecule has 146 valence electrons. The van der Waals surface area contributed by atoms with Gasteiger partial charge in [0.1, 0.15) is 6.07 Å². The molecular formula is C19H17Cl2N3O3S. The third-order valence-corrected chi connectivity index (χ3v) is 7.01. The fourth-order valence-corrected chi connectivity index (χ4v) is 4.93. The first kappa shape index (κ1) is 20.6. The second kappa shape index (κ2) is 8.50. The van der Waals surface area contributed by atoms with Crippen molar-refractivity contribution in [2.45, 2.75) is 17.7 Å². The molecule has 2 aromatic carbocycles. The number of nitrogens with one attached hydrogen (secondary N) is 1. The fraction of sp³-hybridized carbons (Fsp3) is 0.263. The van der Waals surface area contributed by atoms with E-state index in [1.807, 2.05) is 6.07 Å². The van der Waals surface area contributed by atoms with Crippen LogP contribution in [0.2, 0.25) is 10.0 Å². The lowest BCUT2D eigenvalue weighted by Crippen LogP contribution is -2.43. The van der Waals surface area contributed by atoms with Gasteiger partial charge in [0, 0.05) is 23.8 Å². The number of benzene rings is 2. The van der Waals surface area contributed by atoms with E-state index in [2.05, 4.69) is 5.32 Å². The number of hydrogen-bond acceptors (Lipinski definition) is 4. The van der Waals surface area contributed by atoms with Crippen LogP contribution in [0.25, 0.3) is 0 Å². The number of piperidine rings is 1. The van der Waals surface area contributed by atoms with Gasteiger partial charge in [0.15, 0.2) is 0 Å². The molecule has 9 heteroatoms. The van der Waals surface area contributed by atoms with E-state index in [9.17, 15) is 13.2 Å². The van der Waals surface area contributed by atoms with Gasteiger partial charge in [-0.25, -0.2) is 8.42 Å². The summed E-state index contributed by atoms with van der Waals surface area (Å²) >= 11 is 11.8. The second-order valence-corrected chi connectivity index (χ2v) is 9.23. The molecule has 1 fully saturated rings. The van der Waals surface area contributed by atoms with Gasteiger partial charge in [0.05, 0.1) is 21.4 Å². The number of rotatable bonds is 4. The predicted molar refractivity (Wildman–Crippen MR) is 108 cm³/mol. The number of carbonyl (C=O) groups is 1. The fourth-order valence-electron chi connectivity index (χ4n) is 3.06. The van der Waals surface area contributed by atoms with Crippen LogP contribution in [0.3, 0.4) is 0 Å². The van der Waals surface area contributed by atoms with Gasteiger partial charge in [-0.2, -0.15) is 9.57 Å². The Labute approximate surface area is 173 Å². The van der Waals surface area contributed by atoms with Gasteiger partial charge in [-0.3, -0.25) is 4.79 Å². The van der Waals surface area contributed by atoms with Crippen molar-refractivity contribution in [1.29, 1.82) is 5.26 Å². The number of nitrogens with zero attached hydrogens (tertiary/aromatic N) is 2. The Kier molecular flexibility index (Phi) is 6.26. The maximum Gasteiger partial charge on any atom is 0.243 e. The molecule has 0 aliphatic carbocycles. The Hall–Kier alpha value is -2.11. The Morgan fingerprint density at radius 1 is 1.18 bits per heavy atom. The van der Waals surface area contributed by atoms with Crippen molar-refractivity contribution in [3.8, 4) is 6.07 Å². The highest BCUT2D eigenvalue weighted by atomic mass is 35.5. The predicted octanol–water partition coefficient (Wildman–Crippen LogP) is 3.90. The first-order valence-corrected chi connectivity index (χ1v) is 10.8. The lowest BCUT2D eigenvalue weighted by Gasteiger charge is -2.31. The summed E-state index contributed by atoms with van der Waals surface area (Å²) in [6.45, 7) is 0.457. The topological polar surface area (TPSA) is 90.3 Å². The molecule has 1 amide bonds. The normalized spacial score (nSPS) is 17.7. The van der Waals surface area contributed by atoms with Gasteiger partial charge >= 0.3 is 0 Å². The summed E-state index contributed by atoms with van der Waals surface area (Å²) in [5, 5.41) is 12.4. The van der Waals surface area contributed by atoms with Crippen LogP contribution in [0.15, 0.2) is 47.4 Å². The molecule has 1 heterocycles. The van der Waals surface area contributed by atoms with Crippen molar-refractivity contribution < 1.29 is 13.2 Å². The molecule has 0 saturated carbocycles. The third kappa shape index (κ3) is 4.47. The van der Waals surface area contributed by atoms with E-state index in [4.69, 9.17) is 28.5 Å². The number of anilines is 1. The summed E-state index contributed by atoms with van der Waals surface area (Å²) in [4.78, 5) is 12.8. The number of amides is 1. The van der Waals surface area contributed by atoms with Crippen LogP contribution in [-0.4, -0.2) is 31.7 Å². The van der Waals surface area contributed by atoms with Crippen LogP contribution in [0.1, 0.15) is 18.4 Å². The number of nitriles is 1. The third-order valence-electron chi connectivity index (χ3n) is 4.56. The van der Waals surface area contributed by atoms with Crippen LogP contribution in [0.5, 0.6) is 0 Å². The van der Waals surface area contributed by atoms with Crippen molar-refractivity contribution in [2.75, 3.05) is 18.4 Å². The van der Waals surface area contributed by atoms with Crippen molar-refractivity contribution in [3.05, 3.63) is 58.1 Å². The molecule has 0 bridgehead atoms. The van der Waals surface area contributed by atoms with Gasteiger partial charge < -0.3 is 5.32 Å². The lowest BCUT2D eigenvalue weighted by atomic mass is 9.98. The van der Waals surface area contributed by atoms with Gasteiger partial charge in [-0.1, -0.05) is 23.2 Å². The standard InChI is InChI=1S/C19H17Cl2N3O3S/c20-15-4-7-17(8-5-15)28(26,27)24-9-1-2-14(12-24)19(25)23-16-6-3-13(11-22)18(21)10-16/h3-8,10,14H,1-2,9,12H2,(H,23,25)/t14-/m1/s1. The molecule has 0 spiro atoms. The summed E-state index contributed by atoms with van der Waals surface area (Å²) in [6, 6.07) is 12.5. The highest BCUT2D eigenvalue weighted by Crippen LogP contribution is 2.26. The molecule has 1 N–H and O–H groups in total. The molecule has 28 heavy (non-hydrogen) atoms. The van der Waals surface area contributed by atoms with E-state index < -0.39 is 15.9 Å². The molecule has 1 aliphatic heterocycles. The van der Waals surface area contributed by atoms with Gasteiger partial charge in [0.2, 0.25) is 15.9 Å². The molecule has 6 nitrogen and oxygen atoms in total. The van der Waals surface area contributed by atoms with Crippen LogP contribution in [0, 0.1) is 17.2 Å². The smallest absolute Gasteiger partial charge is 0.243 e. The highest BCUT2D eigenvalue weighted by Gasteiger charge is 2.33. The quantitative estimate of drug-likeness (QED) is 0.784. The van der Waals surface area contributed by atoms with Gasteiger partial charge in [-0.05, 0) is 55.3 Å². The van der Waals surface area contributed by atoms with E-state index in [0.717, 1.165) is 0 Å². The molecular weight excluding hydrogens is 421 g/mol. The maximum atomic E-state index is 12.8. The van der Waals surface area contributed by atoms with E-state index in [0.29, 0.717) is 35.7 Å². The number of sulfonamides is 1. The minimum atomic E-state index is -3.70. The maximum absolute atomic E-state index is 12.8. The van der Waals surface area contributed by atoms with Crippen LogP contribution in [0.4, 0.5) is 5.69 Å². The monoisotopic (exact) mass is 437 g/mol. The molecule has 1 saturated heterocycles. The zero-order chi connectivity index (χ0) is 20.3. The van der Waals surface area contributed by atoms with E-state index in [-0.39, 0.29) is 22.4 Å². The zero-order valence-corrected chi connectivity index (χ0v) is 17.1. The van der Waals surface area contributed by atoms with Crippen molar-refractivity contribution in [1.82, 2.24) is 4.31 Å². The Balaban J connectivity index is 1.72. The van der Waals surface area contributed by atoms with Gasteiger partial charge in [-0.15, -0.1) is 0 Å². The Morgan fingerprint density at radius 3 is 2.54 bits per heavy atom. The average Bonchev–Trinajstić information content (AvgIpc) is 2.68. The summed E-state index contributed by atoms with van der Waals surface area (Å²) in [5.74, 6) is -0.762. The van der Waals surface area contributed by atoms with E-state index in [1.54, 1.807) is 6.07 Å². The second-order valence-electron chi connectivity index (χ2n) is 6.45. The first-order chi connectivity index (χ1) is 13.3. The summed E-state index contributed by atoms with van der Waals surface area (Å²) < 4.78 is 27.0. The average molecular weight is 438 g/mol. The molecule has 0 aromatic heterocycles. The summed E-state index contributed by atoms with van der Waals surface area (Å²) in [7, 11) is -3.70. The zero-order valence-electron chi connectivity index (χ0n) is 14.7. The summed E-state index contributed by atoms with van der Waals surface area (Å²) in [5.41, 5.74) is 0.782. The minimum Gasteiger partial charge on any atom is -0.326 e. The van der Waals surface area contributed by atoms with Crippen LogP contribution < -0.4 is 5.32 Å². The Morgan fingerprint density at radius 2 is 1.89 bits per heavy atom. The molecule has 0 unspecified atom stereocenters. The van der Waals surface area contributed by atoms with Gasteiger partial charge in [0.25, 0.3) is 0 Å². The lowest BCUT2D eigenvalue weighted by molar-refractivity contribution is -0.120. The molecule has 0 radical (unpaired) electrons. The van der Waals surface area contributed by atoms with Crippen molar-refractivity contribution in [2.24, 2.45) is 5.92 Å². The number of halogens is 2. The molecule has 1 atom stereocenters. The van der Waals surface area contributed by atoms with E-state index in [1.165, 1.54) is 40.7 Å². The van der Waals surface area contributed by atoms with Crippen molar-refractivity contribution in [3.63, 3.8) is 0 Å².